The van der Waals surface area contributed by atoms with Crippen molar-refractivity contribution in [3.05, 3.63) is 53.7 Å². The molecule has 1 atom stereocenters. The van der Waals surface area contributed by atoms with Crippen molar-refractivity contribution >= 4 is 16.9 Å². The molecule has 0 saturated carbocycles. The molecule has 0 spiro atoms. The van der Waals surface area contributed by atoms with Gasteiger partial charge in [-0.25, -0.2) is 4.79 Å². The third kappa shape index (κ3) is 4.85. The lowest BCUT2D eigenvalue weighted by molar-refractivity contribution is 0.0166. The summed E-state index contributed by atoms with van der Waals surface area (Å²) in [5, 5.41) is 21.6. The molecule has 0 aliphatic carbocycles. The Hall–Kier alpha value is -3.15. The fourth-order valence-corrected chi connectivity index (χ4v) is 4.35. The summed E-state index contributed by atoms with van der Waals surface area (Å²) in [6.45, 7) is 9.00. The van der Waals surface area contributed by atoms with Gasteiger partial charge in [-0.3, -0.25) is 0 Å². The Morgan fingerprint density at radius 2 is 1.91 bits per heavy atom. The largest absolute Gasteiger partial charge is 0.507 e. The van der Waals surface area contributed by atoms with Crippen LogP contribution >= 0.6 is 0 Å². The van der Waals surface area contributed by atoms with E-state index in [9.17, 15) is 9.90 Å². The van der Waals surface area contributed by atoms with Gasteiger partial charge in [0.1, 0.15) is 17.0 Å². The number of nitrogens with zero attached hydrogens (tertiary/aromatic N) is 3. The summed E-state index contributed by atoms with van der Waals surface area (Å²) >= 11 is 0. The molecule has 2 heterocycles. The van der Waals surface area contributed by atoms with Crippen LogP contribution in [0.2, 0.25) is 0 Å². The summed E-state index contributed by atoms with van der Waals surface area (Å²) in [4.78, 5) is 14.3. The number of phenolic OH excluding ortho intramolecular Hbond substituents is 1. The smallest absolute Gasteiger partial charge is 0.410 e. The van der Waals surface area contributed by atoms with Gasteiger partial charge in [0.2, 0.25) is 0 Å². The highest BCUT2D eigenvalue weighted by atomic mass is 16.6. The zero-order valence-corrected chi connectivity index (χ0v) is 19.3. The van der Waals surface area contributed by atoms with Gasteiger partial charge in [0.05, 0.1) is 5.69 Å². The minimum absolute atomic E-state index is 0.206. The van der Waals surface area contributed by atoms with E-state index in [4.69, 9.17) is 4.74 Å². The van der Waals surface area contributed by atoms with Crippen molar-refractivity contribution in [2.45, 2.75) is 52.6 Å². The second kappa shape index (κ2) is 8.77. The fourth-order valence-electron chi connectivity index (χ4n) is 4.35. The lowest BCUT2D eigenvalue weighted by Crippen LogP contribution is -2.43. The summed E-state index contributed by atoms with van der Waals surface area (Å²) in [6, 6.07) is 13.7. The molecule has 2 aromatic carbocycles. The Balaban J connectivity index is 1.60. The normalized spacial score (nSPS) is 16.9. The highest BCUT2D eigenvalue weighted by Gasteiger charge is 2.28. The standard InChI is InChI=1S/C26H31N3O3/c1-17-11-12-21(23(30)14-17)24-20-10-6-5-9-19(20)22(27-28-24)15-18-8-7-13-29(16-18)25(31)32-26(2,3)4/h5-6,9-12,14,18,30H,7-8,13,15-16H2,1-4H3. The van der Waals surface area contributed by atoms with Gasteiger partial charge < -0.3 is 14.7 Å². The van der Waals surface area contributed by atoms with Crippen LogP contribution in [-0.4, -0.2) is 45.0 Å². The van der Waals surface area contributed by atoms with Gasteiger partial charge in [-0.05, 0) is 70.6 Å². The van der Waals surface area contributed by atoms with Crippen LogP contribution in [0.4, 0.5) is 4.79 Å². The molecule has 1 saturated heterocycles. The maximum atomic E-state index is 12.5. The number of benzene rings is 2. The number of aromatic hydroxyl groups is 1. The number of carbonyl (C=O) groups excluding carboxylic acids is 1. The minimum atomic E-state index is -0.497. The lowest BCUT2D eigenvalue weighted by atomic mass is 9.91. The minimum Gasteiger partial charge on any atom is -0.507 e. The number of phenols is 1. The third-order valence-electron chi connectivity index (χ3n) is 5.82. The van der Waals surface area contributed by atoms with Crippen LogP contribution in [0, 0.1) is 12.8 Å². The van der Waals surface area contributed by atoms with Crippen LogP contribution in [0.3, 0.4) is 0 Å². The predicted octanol–water partition coefficient (Wildman–Crippen LogP) is 5.50. The Labute approximate surface area is 189 Å². The summed E-state index contributed by atoms with van der Waals surface area (Å²) in [7, 11) is 0. The van der Waals surface area contributed by atoms with Crippen molar-refractivity contribution < 1.29 is 14.6 Å². The molecule has 168 valence electrons. The molecule has 1 unspecified atom stereocenters. The Kier molecular flexibility index (Phi) is 6.04. The number of amides is 1. The van der Waals surface area contributed by atoms with E-state index in [2.05, 4.69) is 16.3 Å². The maximum absolute atomic E-state index is 12.5. The van der Waals surface area contributed by atoms with Gasteiger partial charge in [-0.2, -0.15) is 5.10 Å². The first-order chi connectivity index (χ1) is 15.2. The van der Waals surface area contributed by atoms with E-state index < -0.39 is 5.60 Å². The molecule has 6 heteroatoms. The highest BCUT2D eigenvalue weighted by Crippen LogP contribution is 2.34. The molecule has 32 heavy (non-hydrogen) atoms. The van der Waals surface area contributed by atoms with Crippen LogP contribution in [0.5, 0.6) is 5.75 Å². The Morgan fingerprint density at radius 1 is 1.16 bits per heavy atom. The molecular weight excluding hydrogens is 402 g/mol. The third-order valence-corrected chi connectivity index (χ3v) is 5.82. The number of piperidine rings is 1. The van der Waals surface area contributed by atoms with E-state index in [1.165, 1.54) is 0 Å². The Morgan fingerprint density at radius 3 is 2.62 bits per heavy atom. The number of aryl methyl sites for hydroxylation is 1. The molecule has 0 bridgehead atoms. The van der Waals surface area contributed by atoms with E-state index in [-0.39, 0.29) is 11.8 Å². The molecule has 1 fully saturated rings. The number of ether oxygens (including phenoxy) is 1. The van der Waals surface area contributed by atoms with Crippen LogP contribution in [0.25, 0.3) is 22.0 Å². The maximum Gasteiger partial charge on any atom is 0.410 e. The molecule has 1 N–H and O–H groups in total. The zero-order valence-electron chi connectivity index (χ0n) is 19.3. The molecular formula is C26H31N3O3. The number of rotatable bonds is 3. The average Bonchev–Trinajstić information content (AvgIpc) is 2.74. The molecule has 1 aliphatic heterocycles. The van der Waals surface area contributed by atoms with Crippen molar-refractivity contribution in [3.8, 4) is 17.0 Å². The first-order valence-corrected chi connectivity index (χ1v) is 11.2. The van der Waals surface area contributed by atoms with Gasteiger partial charge >= 0.3 is 6.09 Å². The monoisotopic (exact) mass is 433 g/mol. The molecule has 4 rings (SSSR count). The van der Waals surface area contributed by atoms with Gasteiger partial charge in [-0.15, -0.1) is 5.10 Å². The second-order valence-electron chi connectivity index (χ2n) is 9.70. The first-order valence-electron chi connectivity index (χ1n) is 11.2. The first kappa shape index (κ1) is 22.1. The van der Waals surface area contributed by atoms with Crippen LogP contribution in [0.1, 0.15) is 44.9 Å². The van der Waals surface area contributed by atoms with E-state index in [0.717, 1.165) is 47.8 Å². The van der Waals surface area contributed by atoms with Crippen molar-refractivity contribution in [1.29, 1.82) is 0 Å². The van der Waals surface area contributed by atoms with Gasteiger partial charge in [0.15, 0.2) is 0 Å². The van der Waals surface area contributed by atoms with Crippen molar-refractivity contribution in [1.82, 2.24) is 15.1 Å². The second-order valence-corrected chi connectivity index (χ2v) is 9.70. The number of hydrogen-bond acceptors (Lipinski definition) is 5. The van der Waals surface area contributed by atoms with Crippen LogP contribution in [-0.2, 0) is 11.2 Å². The molecule has 6 nitrogen and oxygen atoms in total. The lowest BCUT2D eigenvalue weighted by Gasteiger charge is -2.34. The van der Waals surface area contributed by atoms with Crippen LogP contribution < -0.4 is 0 Å². The van der Waals surface area contributed by atoms with E-state index in [0.29, 0.717) is 23.7 Å². The number of aromatic nitrogens is 2. The molecule has 3 aromatic rings. The van der Waals surface area contributed by atoms with Crippen molar-refractivity contribution in [2.24, 2.45) is 5.92 Å². The SMILES string of the molecule is Cc1ccc(-c2nnc(CC3CCCN(C(=O)OC(C)(C)C)C3)c3ccccc23)c(O)c1. The van der Waals surface area contributed by atoms with E-state index in [1.54, 1.807) is 6.07 Å². The summed E-state index contributed by atoms with van der Waals surface area (Å²) < 4.78 is 5.57. The Bertz CT molecular complexity index is 1140. The quantitative estimate of drug-likeness (QED) is 0.590. The number of carbonyl (C=O) groups is 1. The predicted molar refractivity (Wildman–Crippen MR) is 126 cm³/mol. The fraction of sp³-hybridized carbons (Fsp3) is 0.423. The van der Waals surface area contributed by atoms with Crippen molar-refractivity contribution in [2.75, 3.05) is 13.1 Å². The van der Waals surface area contributed by atoms with Gasteiger partial charge in [0, 0.05) is 29.4 Å². The van der Waals surface area contributed by atoms with Gasteiger partial charge in [0.25, 0.3) is 0 Å². The molecule has 0 radical (unpaired) electrons. The van der Waals surface area contributed by atoms with Crippen LogP contribution in [0.15, 0.2) is 42.5 Å². The summed E-state index contributed by atoms with van der Waals surface area (Å²) in [5.41, 5.74) is 2.78. The number of hydrogen-bond donors (Lipinski definition) is 1. The number of likely N-dealkylation sites (tertiary alicyclic amines) is 1. The topological polar surface area (TPSA) is 75.6 Å². The summed E-state index contributed by atoms with van der Waals surface area (Å²) in [5.74, 6) is 0.505. The summed E-state index contributed by atoms with van der Waals surface area (Å²) in [6.07, 6.45) is 2.48. The highest BCUT2D eigenvalue weighted by molar-refractivity contribution is 5.96. The van der Waals surface area contributed by atoms with Crippen molar-refractivity contribution in [3.63, 3.8) is 0 Å². The number of fused-ring (bicyclic) bond motifs is 1. The molecule has 1 amide bonds. The van der Waals surface area contributed by atoms with E-state index >= 15 is 0 Å². The average molecular weight is 434 g/mol. The molecule has 1 aromatic heterocycles. The molecule has 1 aliphatic rings. The van der Waals surface area contributed by atoms with E-state index in [1.807, 2.05) is 62.9 Å². The van der Waals surface area contributed by atoms with Gasteiger partial charge in [-0.1, -0.05) is 30.3 Å². The zero-order chi connectivity index (χ0) is 22.9.